The van der Waals surface area contributed by atoms with Crippen LogP contribution in [0, 0.1) is 6.92 Å². The van der Waals surface area contributed by atoms with Crippen molar-refractivity contribution in [2.75, 3.05) is 6.61 Å². The molecule has 2 aromatic rings. The summed E-state index contributed by atoms with van der Waals surface area (Å²) < 4.78 is 11.4. The first-order valence-corrected chi connectivity index (χ1v) is 7.72. The predicted octanol–water partition coefficient (Wildman–Crippen LogP) is 2.60. The molecule has 3 N–H and O–H groups in total. The van der Waals surface area contributed by atoms with Crippen molar-refractivity contribution in [3.8, 4) is 5.75 Å². The van der Waals surface area contributed by atoms with Gasteiger partial charge in [0.1, 0.15) is 29.2 Å². The molecule has 0 atom stereocenters. The number of hydrogen-bond acceptors (Lipinski definition) is 5. The second-order valence-electron chi connectivity index (χ2n) is 6.28. The molecule has 0 bridgehead atoms. The Morgan fingerprint density at radius 2 is 2.17 bits per heavy atom. The average Bonchev–Trinajstić information content (AvgIpc) is 2.92. The van der Waals surface area contributed by atoms with Gasteiger partial charge in [0.2, 0.25) is 5.91 Å². The molecule has 126 valence electrons. The van der Waals surface area contributed by atoms with Gasteiger partial charge in [-0.25, -0.2) is 0 Å². The molecule has 6 nitrogen and oxygen atoms in total. The molecule has 24 heavy (non-hydrogen) atoms. The number of hydrazine groups is 1. The number of allylic oxidation sites excluding steroid dienone is 2. The van der Waals surface area contributed by atoms with E-state index in [1.807, 2.05) is 43.3 Å². The van der Waals surface area contributed by atoms with Crippen LogP contribution in [0.4, 0.5) is 0 Å². The fourth-order valence-electron chi connectivity index (χ4n) is 2.40. The van der Waals surface area contributed by atoms with Crippen molar-refractivity contribution in [2.45, 2.75) is 26.3 Å². The fraction of sp³-hybridized carbons (Fsp3) is 0.278. The van der Waals surface area contributed by atoms with E-state index in [0.29, 0.717) is 6.61 Å². The number of aryl methyl sites for hydroxylation is 1. The Morgan fingerprint density at radius 1 is 1.38 bits per heavy atom. The number of carbonyl (C=O) groups excluding carboxylic acids is 1. The highest BCUT2D eigenvalue weighted by molar-refractivity contribution is 5.83. The number of fused-ring (bicyclic) bond motifs is 1. The summed E-state index contributed by atoms with van der Waals surface area (Å²) >= 11 is 0. The molecule has 3 rings (SSSR count). The van der Waals surface area contributed by atoms with Crippen LogP contribution in [-0.4, -0.2) is 23.1 Å². The van der Waals surface area contributed by atoms with E-state index in [-0.39, 0.29) is 0 Å². The maximum Gasteiger partial charge on any atom is 0.244 e. The number of amides is 1. The largest absolute Gasteiger partial charge is 0.487 e. The van der Waals surface area contributed by atoms with E-state index in [2.05, 4.69) is 5.43 Å². The van der Waals surface area contributed by atoms with Gasteiger partial charge in [-0.15, -0.1) is 0 Å². The first-order valence-electron chi connectivity index (χ1n) is 7.72. The minimum absolute atomic E-state index is 0.345. The second kappa shape index (κ2) is 5.96. The number of nitrogens with zero attached hydrogens (tertiary/aromatic N) is 1. The summed E-state index contributed by atoms with van der Waals surface area (Å²) in [6.45, 7) is 5.77. The fourth-order valence-corrected chi connectivity index (χ4v) is 2.40. The lowest BCUT2D eigenvalue weighted by molar-refractivity contribution is -0.128. The summed E-state index contributed by atoms with van der Waals surface area (Å²) in [4.78, 5) is 11.6. The SMILES string of the molecule is Cc1cc2cc(OCC3=CC=CN(C(C)(C)C(N)=O)N3)ccc2o1. The molecule has 0 fully saturated rings. The summed E-state index contributed by atoms with van der Waals surface area (Å²) in [7, 11) is 0. The topological polar surface area (TPSA) is 80.7 Å². The molecule has 0 aliphatic carbocycles. The van der Waals surface area contributed by atoms with Crippen molar-refractivity contribution in [1.82, 2.24) is 10.4 Å². The van der Waals surface area contributed by atoms with E-state index in [1.165, 1.54) is 0 Å². The molecule has 0 unspecified atom stereocenters. The number of nitrogens with two attached hydrogens (primary N) is 1. The number of rotatable bonds is 5. The van der Waals surface area contributed by atoms with Gasteiger partial charge in [0.05, 0.1) is 5.70 Å². The van der Waals surface area contributed by atoms with Gasteiger partial charge in [-0.05, 0) is 57.2 Å². The zero-order chi connectivity index (χ0) is 17.3. The van der Waals surface area contributed by atoms with Gasteiger partial charge in [-0.2, -0.15) is 0 Å². The molecule has 0 saturated heterocycles. The molecule has 6 heteroatoms. The molecule has 1 amide bonds. The highest BCUT2D eigenvalue weighted by Crippen LogP contribution is 2.24. The standard InChI is InChI=1S/C18H21N3O3/c1-12-9-13-10-15(6-7-16(13)24-12)23-11-14-5-4-8-21(20-14)18(2,3)17(19)22/h4-10,20H,11H2,1-3H3,(H2,19,22). The van der Waals surface area contributed by atoms with Gasteiger partial charge in [-0.1, -0.05) is 0 Å². The summed E-state index contributed by atoms with van der Waals surface area (Å²) in [5.41, 5.74) is 9.43. The van der Waals surface area contributed by atoms with Crippen molar-refractivity contribution in [1.29, 1.82) is 0 Å². The van der Waals surface area contributed by atoms with Crippen molar-refractivity contribution >= 4 is 16.9 Å². The van der Waals surface area contributed by atoms with Gasteiger partial charge in [0, 0.05) is 11.6 Å². The molecule has 1 aliphatic rings. The highest BCUT2D eigenvalue weighted by Gasteiger charge is 2.32. The van der Waals surface area contributed by atoms with Crippen LogP contribution in [0.15, 0.2) is 52.7 Å². The summed E-state index contributed by atoms with van der Waals surface area (Å²) in [5, 5.41) is 2.68. The van der Waals surface area contributed by atoms with Crippen LogP contribution >= 0.6 is 0 Å². The first kappa shape index (κ1) is 16.0. The quantitative estimate of drug-likeness (QED) is 0.882. The predicted molar refractivity (Wildman–Crippen MR) is 91.9 cm³/mol. The van der Waals surface area contributed by atoms with E-state index in [9.17, 15) is 4.79 Å². The number of furan rings is 1. The number of hydrogen-bond donors (Lipinski definition) is 2. The van der Waals surface area contributed by atoms with Gasteiger partial charge in [0.25, 0.3) is 0 Å². The van der Waals surface area contributed by atoms with Crippen LogP contribution in [0.5, 0.6) is 5.75 Å². The van der Waals surface area contributed by atoms with Gasteiger partial charge >= 0.3 is 0 Å². The van der Waals surface area contributed by atoms with Gasteiger partial charge in [-0.3, -0.25) is 15.2 Å². The Balaban J connectivity index is 1.66. The maximum absolute atomic E-state index is 11.6. The Hall–Kier alpha value is -2.89. The monoisotopic (exact) mass is 327 g/mol. The lowest BCUT2D eigenvalue weighted by atomic mass is 10.0. The molecule has 0 radical (unpaired) electrons. The van der Waals surface area contributed by atoms with Gasteiger partial charge in [0.15, 0.2) is 0 Å². The second-order valence-corrected chi connectivity index (χ2v) is 6.28. The Bertz CT molecular complexity index is 833. The molecule has 0 spiro atoms. The Kier molecular flexibility index (Phi) is 3.97. The third-order valence-corrected chi connectivity index (χ3v) is 4.01. The minimum Gasteiger partial charge on any atom is -0.487 e. The maximum atomic E-state index is 11.6. The number of nitrogens with one attached hydrogen (secondary N) is 1. The lowest BCUT2D eigenvalue weighted by Crippen LogP contribution is -2.56. The van der Waals surface area contributed by atoms with Crippen LogP contribution in [0.25, 0.3) is 11.0 Å². The van der Waals surface area contributed by atoms with Crippen molar-refractivity contribution in [3.63, 3.8) is 0 Å². The third kappa shape index (κ3) is 3.08. The first-order chi connectivity index (χ1) is 11.4. The van der Waals surface area contributed by atoms with Crippen molar-refractivity contribution in [2.24, 2.45) is 5.73 Å². The number of benzene rings is 1. The normalized spacial score (nSPS) is 14.5. The zero-order valence-electron chi connectivity index (χ0n) is 14.0. The van der Waals surface area contributed by atoms with E-state index < -0.39 is 11.4 Å². The number of carbonyl (C=O) groups is 1. The lowest BCUT2D eigenvalue weighted by Gasteiger charge is -2.37. The molecule has 1 aromatic carbocycles. The number of primary amides is 1. The Morgan fingerprint density at radius 3 is 2.92 bits per heavy atom. The summed E-state index contributed by atoms with van der Waals surface area (Å²) in [5.74, 6) is 1.21. The average molecular weight is 327 g/mol. The van der Waals surface area contributed by atoms with E-state index in [4.69, 9.17) is 14.9 Å². The molecular weight excluding hydrogens is 306 g/mol. The van der Waals surface area contributed by atoms with E-state index >= 15 is 0 Å². The highest BCUT2D eigenvalue weighted by atomic mass is 16.5. The molecule has 1 aromatic heterocycles. The zero-order valence-corrected chi connectivity index (χ0v) is 14.0. The molecule has 0 saturated carbocycles. The Labute approximate surface area is 140 Å². The van der Waals surface area contributed by atoms with Crippen LogP contribution in [0.2, 0.25) is 0 Å². The summed E-state index contributed by atoms with van der Waals surface area (Å²) in [6.07, 6.45) is 5.52. The molecule has 1 aliphatic heterocycles. The van der Waals surface area contributed by atoms with Crippen LogP contribution in [0.3, 0.4) is 0 Å². The van der Waals surface area contributed by atoms with Crippen molar-refractivity contribution in [3.05, 3.63) is 54.1 Å². The van der Waals surface area contributed by atoms with E-state index in [0.717, 1.165) is 28.2 Å². The molecular formula is C18H21N3O3. The van der Waals surface area contributed by atoms with Crippen LogP contribution in [-0.2, 0) is 4.79 Å². The number of ether oxygens (including phenoxy) is 1. The molecule has 2 heterocycles. The van der Waals surface area contributed by atoms with Crippen molar-refractivity contribution < 1.29 is 13.9 Å². The van der Waals surface area contributed by atoms with E-state index in [1.54, 1.807) is 25.1 Å². The van der Waals surface area contributed by atoms with Gasteiger partial charge < -0.3 is 14.9 Å². The minimum atomic E-state index is -0.844. The smallest absolute Gasteiger partial charge is 0.244 e. The summed E-state index contributed by atoms with van der Waals surface area (Å²) in [6, 6.07) is 7.68. The third-order valence-electron chi connectivity index (χ3n) is 4.01. The van der Waals surface area contributed by atoms with Crippen LogP contribution in [0.1, 0.15) is 19.6 Å². The van der Waals surface area contributed by atoms with Crippen LogP contribution < -0.4 is 15.9 Å².